The molecular weight excluding hydrogens is 280 g/mol. The molecule has 0 spiro atoms. The minimum absolute atomic E-state index is 0.0808. The quantitative estimate of drug-likeness (QED) is 0.599. The van der Waals surface area contributed by atoms with Crippen molar-refractivity contribution in [3.63, 3.8) is 0 Å². The number of hydrogen-bond donors (Lipinski definition) is 0. The van der Waals surface area contributed by atoms with Gasteiger partial charge in [0.25, 0.3) is 0 Å². The second-order valence-electron chi connectivity index (χ2n) is 3.84. The molecule has 1 aliphatic rings. The SMILES string of the molecule is O=Cc1cccnc1N1CC(S(=O)(=O)Cl)CC1=O. The molecule has 1 aliphatic heterocycles. The number of carbonyl (C=O) groups excluding carboxylic acids is 2. The Kier molecular flexibility index (Phi) is 3.36. The molecule has 0 N–H and O–H groups in total. The number of rotatable bonds is 3. The van der Waals surface area contributed by atoms with Crippen molar-refractivity contribution in [2.45, 2.75) is 11.7 Å². The molecule has 1 fully saturated rings. The van der Waals surface area contributed by atoms with Gasteiger partial charge in [-0.25, -0.2) is 13.4 Å². The van der Waals surface area contributed by atoms with E-state index in [-0.39, 0.29) is 24.3 Å². The van der Waals surface area contributed by atoms with E-state index in [1.54, 1.807) is 6.07 Å². The van der Waals surface area contributed by atoms with Gasteiger partial charge >= 0.3 is 0 Å². The first-order valence-corrected chi connectivity index (χ1v) is 7.44. The summed E-state index contributed by atoms with van der Waals surface area (Å²) < 4.78 is 22.4. The van der Waals surface area contributed by atoms with Crippen LogP contribution in [0.4, 0.5) is 5.82 Å². The van der Waals surface area contributed by atoms with Crippen molar-refractivity contribution < 1.29 is 18.0 Å². The summed E-state index contributed by atoms with van der Waals surface area (Å²) in [6, 6.07) is 3.06. The van der Waals surface area contributed by atoms with Crippen LogP contribution >= 0.6 is 10.7 Å². The predicted octanol–water partition coefficient (Wildman–Crippen LogP) is 0.568. The van der Waals surface area contributed by atoms with Crippen molar-refractivity contribution in [2.75, 3.05) is 11.4 Å². The third kappa shape index (κ3) is 2.37. The van der Waals surface area contributed by atoms with Crippen LogP contribution in [0.25, 0.3) is 0 Å². The maximum Gasteiger partial charge on any atom is 0.237 e. The molecule has 1 aromatic heterocycles. The van der Waals surface area contributed by atoms with Crippen molar-refractivity contribution in [1.29, 1.82) is 0 Å². The van der Waals surface area contributed by atoms with Crippen molar-refractivity contribution in [3.8, 4) is 0 Å². The molecule has 0 radical (unpaired) electrons. The van der Waals surface area contributed by atoms with Gasteiger partial charge in [-0.3, -0.25) is 14.5 Å². The Labute approximate surface area is 108 Å². The maximum atomic E-state index is 11.7. The summed E-state index contributed by atoms with van der Waals surface area (Å²) in [4.78, 5) is 27.7. The molecule has 1 saturated heterocycles. The number of amides is 1. The number of aldehydes is 1. The van der Waals surface area contributed by atoms with Crippen LogP contribution in [-0.2, 0) is 13.8 Å². The normalized spacial score (nSPS) is 20.2. The van der Waals surface area contributed by atoms with Crippen LogP contribution in [0.15, 0.2) is 18.3 Å². The Morgan fingerprint density at radius 3 is 2.78 bits per heavy atom. The van der Waals surface area contributed by atoms with Crippen LogP contribution in [-0.4, -0.2) is 37.4 Å². The van der Waals surface area contributed by atoms with E-state index in [4.69, 9.17) is 10.7 Å². The molecule has 96 valence electrons. The van der Waals surface area contributed by atoms with E-state index < -0.39 is 20.2 Å². The highest BCUT2D eigenvalue weighted by Gasteiger charge is 2.39. The lowest BCUT2D eigenvalue weighted by molar-refractivity contribution is -0.117. The van der Waals surface area contributed by atoms with Gasteiger partial charge in [0.05, 0.1) is 5.56 Å². The molecule has 1 aromatic rings. The van der Waals surface area contributed by atoms with E-state index in [0.29, 0.717) is 6.29 Å². The lowest BCUT2D eigenvalue weighted by Crippen LogP contribution is -2.28. The van der Waals surface area contributed by atoms with Crippen LogP contribution in [0, 0.1) is 0 Å². The van der Waals surface area contributed by atoms with Crippen LogP contribution in [0.5, 0.6) is 0 Å². The van der Waals surface area contributed by atoms with E-state index in [1.807, 2.05) is 0 Å². The van der Waals surface area contributed by atoms with Crippen LogP contribution in [0.1, 0.15) is 16.8 Å². The predicted molar refractivity (Wildman–Crippen MR) is 65.2 cm³/mol. The van der Waals surface area contributed by atoms with E-state index in [2.05, 4.69) is 4.98 Å². The lowest BCUT2D eigenvalue weighted by Gasteiger charge is -2.16. The van der Waals surface area contributed by atoms with Crippen molar-refractivity contribution in [2.24, 2.45) is 0 Å². The third-order valence-corrected chi connectivity index (χ3v) is 4.56. The molecular formula is C10H9ClN2O4S. The molecule has 2 rings (SSSR count). The molecule has 0 aliphatic carbocycles. The number of hydrogen-bond acceptors (Lipinski definition) is 5. The Bertz CT molecular complexity index is 602. The summed E-state index contributed by atoms with van der Waals surface area (Å²) in [5, 5.41) is -0.965. The third-order valence-electron chi connectivity index (χ3n) is 2.69. The zero-order chi connectivity index (χ0) is 13.3. The molecule has 1 unspecified atom stereocenters. The van der Waals surface area contributed by atoms with Crippen molar-refractivity contribution in [1.82, 2.24) is 4.98 Å². The zero-order valence-corrected chi connectivity index (χ0v) is 10.7. The number of pyridine rings is 1. The molecule has 2 heterocycles. The van der Waals surface area contributed by atoms with Gasteiger partial charge in [-0.15, -0.1) is 0 Å². The molecule has 1 atom stereocenters. The number of aromatic nitrogens is 1. The summed E-state index contributed by atoms with van der Waals surface area (Å²) in [5.41, 5.74) is 0.235. The highest BCUT2D eigenvalue weighted by Crippen LogP contribution is 2.26. The smallest absolute Gasteiger partial charge is 0.237 e. The number of nitrogens with zero attached hydrogens (tertiary/aromatic N) is 2. The summed E-state index contributed by atoms with van der Waals surface area (Å²) in [7, 11) is 1.43. The molecule has 18 heavy (non-hydrogen) atoms. The Balaban J connectivity index is 2.36. The van der Waals surface area contributed by atoms with Crippen LogP contribution < -0.4 is 4.90 Å². The molecule has 0 saturated carbocycles. The van der Waals surface area contributed by atoms with E-state index in [9.17, 15) is 18.0 Å². The van der Waals surface area contributed by atoms with E-state index in [1.165, 1.54) is 17.2 Å². The minimum Gasteiger partial charge on any atom is -0.298 e. The first kappa shape index (κ1) is 13.0. The first-order chi connectivity index (χ1) is 8.43. The molecule has 6 nitrogen and oxygen atoms in total. The zero-order valence-electron chi connectivity index (χ0n) is 9.11. The van der Waals surface area contributed by atoms with Gasteiger partial charge in [0.1, 0.15) is 11.1 Å². The fourth-order valence-electron chi connectivity index (χ4n) is 1.80. The first-order valence-electron chi connectivity index (χ1n) is 5.07. The molecule has 0 aromatic carbocycles. The largest absolute Gasteiger partial charge is 0.298 e. The average Bonchev–Trinajstić information content (AvgIpc) is 2.71. The van der Waals surface area contributed by atoms with Gasteiger partial charge in [-0.2, -0.15) is 0 Å². The minimum atomic E-state index is -3.80. The summed E-state index contributed by atoms with van der Waals surface area (Å²) in [6.07, 6.45) is 1.80. The van der Waals surface area contributed by atoms with Crippen molar-refractivity contribution >= 4 is 37.7 Å². The second kappa shape index (κ2) is 4.66. The van der Waals surface area contributed by atoms with E-state index in [0.717, 1.165) is 0 Å². The molecule has 0 bridgehead atoms. The Morgan fingerprint density at radius 2 is 2.22 bits per heavy atom. The van der Waals surface area contributed by atoms with Crippen molar-refractivity contribution in [3.05, 3.63) is 23.9 Å². The summed E-state index contributed by atoms with van der Waals surface area (Å²) >= 11 is 0. The molecule has 8 heteroatoms. The highest BCUT2D eigenvalue weighted by atomic mass is 35.7. The lowest BCUT2D eigenvalue weighted by atomic mass is 10.2. The van der Waals surface area contributed by atoms with Gasteiger partial charge in [0.2, 0.25) is 15.0 Å². The number of anilines is 1. The van der Waals surface area contributed by atoms with E-state index >= 15 is 0 Å². The monoisotopic (exact) mass is 288 g/mol. The fourth-order valence-corrected chi connectivity index (χ4v) is 2.82. The van der Waals surface area contributed by atoms with Gasteiger partial charge in [0, 0.05) is 29.8 Å². The van der Waals surface area contributed by atoms with Crippen LogP contribution in [0.3, 0.4) is 0 Å². The second-order valence-corrected chi connectivity index (χ2v) is 6.75. The van der Waals surface area contributed by atoms with Gasteiger partial charge in [0.15, 0.2) is 6.29 Å². The molecule has 1 amide bonds. The standard InChI is InChI=1S/C10H9ClN2O4S/c11-18(16,17)8-4-9(15)13(5-8)10-7(6-14)2-1-3-12-10/h1-3,6,8H,4-5H2. The number of carbonyl (C=O) groups is 2. The van der Waals surface area contributed by atoms with Gasteiger partial charge in [-0.05, 0) is 12.1 Å². The van der Waals surface area contributed by atoms with Gasteiger partial charge < -0.3 is 0 Å². The Morgan fingerprint density at radius 1 is 1.50 bits per heavy atom. The van der Waals surface area contributed by atoms with Crippen LogP contribution in [0.2, 0.25) is 0 Å². The average molecular weight is 289 g/mol. The topological polar surface area (TPSA) is 84.4 Å². The summed E-state index contributed by atoms with van der Waals surface area (Å²) in [6.45, 7) is -0.0808. The van der Waals surface area contributed by atoms with Gasteiger partial charge in [-0.1, -0.05) is 0 Å². The maximum absolute atomic E-state index is 11.7. The fraction of sp³-hybridized carbons (Fsp3) is 0.300. The Hall–Kier alpha value is -1.47. The highest BCUT2D eigenvalue weighted by molar-refractivity contribution is 8.14. The number of halogens is 1. The summed E-state index contributed by atoms with van der Waals surface area (Å²) in [5.74, 6) is -0.244.